The van der Waals surface area contributed by atoms with Gasteiger partial charge >= 0.3 is 0 Å². The molecule has 9 nitrogen and oxygen atoms in total. The highest BCUT2D eigenvalue weighted by molar-refractivity contribution is 9.10. The number of aromatic nitrogens is 2. The van der Waals surface area contributed by atoms with Crippen LogP contribution in [0.5, 0.6) is 11.5 Å². The quantitative estimate of drug-likeness (QED) is 0.143. The molecule has 232 valence electrons. The molecule has 0 radical (unpaired) electrons. The fourth-order valence-corrected chi connectivity index (χ4v) is 5.95. The van der Waals surface area contributed by atoms with Crippen LogP contribution >= 0.6 is 15.9 Å². The molecule has 1 unspecified atom stereocenters. The number of nitrogens with zero attached hydrogens (tertiary/aromatic N) is 2. The van der Waals surface area contributed by atoms with Gasteiger partial charge in [0, 0.05) is 42.0 Å². The van der Waals surface area contributed by atoms with Crippen molar-refractivity contribution in [3.63, 3.8) is 0 Å². The predicted molar refractivity (Wildman–Crippen MR) is 171 cm³/mol. The molecule has 1 aliphatic heterocycles. The van der Waals surface area contributed by atoms with Crippen molar-refractivity contribution in [1.29, 1.82) is 0 Å². The predicted octanol–water partition coefficient (Wildman–Crippen LogP) is 6.83. The maximum atomic E-state index is 13.5. The number of sulfone groups is 1. The van der Waals surface area contributed by atoms with Crippen molar-refractivity contribution >= 4 is 48.2 Å². The lowest BCUT2D eigenvalue weighted by Crippen LogP contribution is -2.26. The van der Waals surface area contributed by atoms with E-state index in [0.29, 0.717) is 48.7 Å². The summed E-state index contributed by atoms with van der Waals surface area (Å²) < 4.78 is 60.5. The summed E-state index contributed by atoms with van der Waals surface area (Å²) >= 11 is 3.58. The maximum Gasteiger partial charge on any atom is 0.149 e. The average molecular weight is 687 g/mol. The Bertz CT molecular complexity index is 1760. The molecule has 4 aromatic rings. The van der Waals surface area contributed by atoms with E-state index < -0.39 is 15.4 Å². The third-order valence-corrected chi connectivity index (χ3v) is 8.76. The minimum absolute atomic E-state index is 0.00823. The van der Waals surface area contributed by atoms with E-state index in [0.717, 1.165) is 26.7 Å². The summed E-state index contributed by atoms with van der Waals surface area (Å²) in [6.45, 7) is 0.797. The molecule has 0 aliphatic carbocycles. The summed E-state index contributed by atoms with van der Waals surface area (Å²) in [7, 11) is -1.46. The van der Waals surface area contributed by atoms with E-state index in [-0.39, 0.29) is 24.8 Å². The lowest BCUT2D eigenvalue weighted by atomic mass is 9.85. The van der Waals surface area contributed by atoms with Gasteiger partial charge in [-0.25, -0.2) is 22.8 Å². The minimum Gasteiger partial charge on any atom is -0.496 e. The molecule has 0 fully saturated rings. The van der Waals surface area contributed by atoms with Crippen LogP contribution in [-0.4, -0.2) is 50.7 Å². The molecule has 0 bridgehead atoms. The third-order valence-electron chi connectivity index (χ3n) is 7.23. The Labute approximate surface area is 264 Å². The summed E-state index contributed by atoms with van der Waals surface area (Å²) in [5.41, 5.74) is 2.37. The Morgan fingerprint density at radius 3 is 2.68 bits per heavy atom. The first-order chi connectivity index (χ1) is 21.2. The van der Waals surface area contributed by atoms with Crippen LogP contribution in [0, 0.1) is 5.82 Å². The molecule has 1 N–H and O–H groups in total. The lowest BCUT2D eigenvalue weighted by molar-refractivity contribution is 0.0191. The van der Waals surface area contributed by atoms with Gasteiger partial charge in [0.1, 0.15) is 51.5 Å². The SMILES string of the molecule is COc1cc2ncnc(Nc3ccc(OCc4cccc(F)c4)c(Br)c3)c2cc1C1(CCCOCCS(C)(=O)=O)CC=CO1. The van der Waals surface area contributed by atoms with Gasteiger partial charge < -0.3 is 24.3 Å². The Kier molecular flexibility index (Phi) is 10.0. The van der Waals surface area contributed by atoms with E-state index >= 15 is 0 Å². The fourth-order valence-electron chi connectivity index (χ4n) is 5.03. The molecule has 1 atom stereocenters. The number of ether oxygens (including phenoxy) is 4. The van der Waals surface area contributed by atoms with Gasteiger partial charge in [-0.3, -0.25) is 0 Å². The van der Waals surface area contributed by atoms with Gasteiger partial charge in [0.25, 0.3) is 0 Å². The van der Waals surface area contributed by atoms with Crippen LogP contribution in [0.15, 0.2) is 77.7 Å². The highest BCUT2D eigenvalue weighted by Gasteiger charge is 2.38. The Hall–Kier alpha value is -3.74. The molecular formula is C32H33BrFN3O6S. The van der Waals surface area contributed by atoms with Crippen molar-refractivity contribution < 1.29 is 31.8 Å². The van der Waals surface area contributed by atoms with Crippen molar-refractivity contribution in [1.82, 2.24) is 9.97 Å². The molecule has 0 saturated carbocycles. The normalized spacial score (nSPS) is 16.2. The number of benzene rings is 3. The van der Waals surface area contributed by atoms with Gasteiger partial charge in [-0.2, -0.15) is 0 Å². The topological polar surface area (TPSA) is 109 Å². The van der Waals surface area contributed by atoms with Crippen molar-refractivity contribution in [2.75, 3.05) is 37.6 Å². The van der Waals surface area contributed by atoms with E-state index in [9.17, 15) is 12.8 Å². The van der Waals surface area contributed by atoms with Gasteiger partial charge in [-0.05, 0) is 76.8 Å². The van der Waals surface area contributed by atoms with Crippen molar-refractivity contribution in [2.24, 2.45) is 0 Å². The summed E-state index contributed by atoms with van der Waals surface area (Å²) in [6.07, 6.45) is 8.29. The maximum absolute atomic E-state index is 13.5. The highest BCUT2D eigenvalue weighted by Crippen LogP contribution is 2.45. The Morgan fingerprint density at radius 1 is 1.09 bits per heavy atom. The van der Waals surface area contributed by atoms with E-state index in [2.05, 4.69) is 31.2 Å². The summed E-state index contributed by atoms with van der Waals surface area (Å²) in [6, 6.07) is 15.8. The number of hydrogen-bond acceptors (Lipinski definition) is 9. The average Bonchev–Trinajstić information content (AvgIpc) is 3.47. The molecule has 0 spiro atoms. The summed E-state index contributed by atoms with van der Waals surface area (Å²) in [5.74, 6) is 1.55. The second-order valence-corrected chi connectivity index (χ2v) is 13.6. The van der Waals surface area contributed by atoms with Crippen molar-refractivity contribution in [2.45, 2.75) is 31.5 Å². The second kappa shape index (κ2) is 13.9. The number of nitrogens with one attached hydrogen (secondary N) is 1. The number of methoxy groups -OCH3 is 1. The summed E-state index contributed by atoms with van der Waals surface area (Å²) in [5, 5.41) is 4.17. The minimum atomic E-state index is -3.07. The van der Waals surface area contributed by atoms with E-state index in [1.54, 1.807) is 19.4 Å². The number of anilines is 2. The number of fused-ring (bicyclic) bond motifs is 1. The largest absolute Gasteiger partial charge is 0.496 e. The van der Waals surface area contributed by atoms with Gasteiger partial charge in [-0.1, -0.05) is 12.1 Å². The summed E-state index contributed by atoms with van der Waals surface area (Å²) in [4.78, 5) is 9.01. The lowest BCUT2D eigenvalue weighted by Gasteiger charge is -2.31. The first kappa shape index (κ1) is 31.7. The zero-order chi connectivity index (χ0) is 31.2. The van der Waals surface area contributed by atoms with E-state index in [4.69, 9.17) is 18.9 Å². The first-order valence-corrected chi connectivity index (χ1v) is 16.9. The molecule has 44 heavy (non-hydrogen) atoms. The van der Waals surface area contributed by atoms with Crippen LogP contribution in [0.3, 0.4) is 0 Å². The molecule has 12 heteroatoms. The van der Waals surface area contributed by atoms with Gasteiger partial charge in [0.2, 0.25) is 0 Å². The monoisotopic (exact) mass is 685 g/mol. The Balaban J connectivity index is 1.35. The van der Waals surface area contributed by atoms with Gasteiger partial charge in [0.15, 0.2) is 0 Å². The molecule has 1 aromatic heterocycles. The highest BCUT2D eigenvalue weighted by atomic mass is 79.9. The molecular weight excluding hydrogens is 653 g/mol. The molecule has 0 saturated heterocycles. The third kappa shape index (κ3) is 7.85. The number of halogens is 2. The standard InChI is InChI=1S/C32H33BrFN3O6S/c1-40-30-19-28-25(18-26(30)32(11-5-13-43-32)10-4-12-41-14-15-44(2,38)39)31(36-21-35-28)37-24-8-9-29(27(33)17-24)42-20-22-6-3-7-23(34)16-22/h3,5-9,13,16-19,21H,4,10-12,14-15,20H2,1-2H3,(H,35,36,37). The zero-order valence-electron chi connectivity index (χ0n) is 24.4. The van der Waals surface area contributed by atoms with E-state index in [1.165, 1.54) is 24.7 Å². The van der Waals surface area contributed by atoms with Crippen LogP contribution in [0.25, 0.3) is 10.9 Å². The molecule has 2 heterocycles. The van der Waals surface area contributed by atoms with Crippen LogP contribution in [0.4, 0.5) is 15.9 Å². The molecule has 3 aromatic carbocycles. The first-order valence-electron chi connectivity index (χ1n) is 14.0. The van der Waals surface area contributed by atoms with Crippen LogP contribution in [0.1, 0.15) is 30.4 Å². The van der Waals surface area contributed by atoms with Crippen LogP contribution in [-0.2, 0) is 31.5 Å². The smallest absolute Gasteiger partial charge is 0.149 e. The van der Waals surface area contributed by atoms with Gasteiger partial charge in [-0.15, -0.1) is 0 Å². The fraction of sp³-hybridized carbons (Fsp3) is 0.312. The number of rotatable bonds is 14. The molecule has 5 rings (SSSR count). The Morgan fingerprint density at radius 2 is 1.95 bits per heavy atom. The van der Waals surface area contributed by atoms with Gasteiger partial charge in [0.05, 0.1) is 35.7 Å². The zero-order valence-corrected chi connectivity index (χ0v) is 26.8. The van der Waals surface area contributed by atoms with Crippen molar-refractivity contribution in [3.8, 4) is 11.5 Å². The van der Waals surface area contributed by atoms with Crippen molar-refractivity contribution in [3.05, 3.63) is 94.7 Å². The van der Waals surface area contributed by atoms with Crippen LogP contribution < -0.4 is 14.8 Å². The molecule has 0 amide bonds. The van der Waals surface area contributed by atoms with E-state index in [1.807, 2.05) is 42.5 Å². The number of hydrogen-bond donors (Lipinski definition) is 1. The van der Waals surface area contributed by atoms with Crippen LogP contribution in [0.2, 0.25) is 0 Å². The molecule has 1 aliphatic rings. The second-order valence-electron chi connectivity index (χ2n) is 10.5.